The van der Waals surface area contributed by atoms with E-state index in [1.54, 1.807) is 24.4 Å². The Balaban J connectivity index is 2.03. The molecule has 0 spiro atoms. The Morgan fingerprint density at radius 2 is 2.28 bits per heavy atom. The molecule has 4 nitrogen and oxygen atoms in total. The Labute approximate surface area is 113 Å². The maximum Gasteiger partial charge on any atom is 0.344 e. The zero-order valence-corrected chi connectivity index (χ0v) is 11.1. The predicted octanol–water partition coefficient (Wildman–Crippen LogP) is 3.16. The summed E-state index contributed by atoms with van der Waals surface area (Å²) in [6.45, 7) is 0.189. The van der Waals surface area contributed by atoms with Crippen LogP contribution in [-0.2, 0) is 11.3 Å². The molecule has 0 fully saturated rings. The van der Waals surface area contributed by atoms with Crippen LogP contribution in [0.2, 0.25) is 4.34 Å². The standard InChI is InChI=1S/C12H10ClNO3S/c1-16-11-9(3-2-6-14-11)12(15)17-7-8-4-5-10(13)18-8/h2-6H,7H2,1H3. The van der Waals surface area contributed by atoms with Crippen molar-refractivity contribution in [1.82, 2.24) is 4.98 Å². The number of esters is 1. The van der Waals surface area contributed by atoms with Gasteiger partial charge >= 0.3 is 5.97 Å². The van der Waals surface area contributed by atoms with Crippen LogP contribution in [0.25, 0.3) is 0 Å². The summed E-state index contributed by atoms with van der Waals surface area (Å²) in [5.41, 5.74) is 0.308. The molecule has 94 valence electrons. The van der Waals surface area contributed by atoms with Crippen molar-refractivity contribution in [3.8, 4) is 5.88 Å². The average Bonchev–Trinajstić information content (AvgIpc) is 2.81. The molecule has 0 aliphatic heterocycles. The molecule has 0 radical (unpaired) electrons. The van der Waals surface area contributed by atoms with E-state index < -0.39 is 5.97 Å². The molecule has 2 aromatic rings. The molecule has 0 amide bonds. The van der Waals surface area contributed by atoms with Crippen molar-refractivity contribution in [2.24, 2.45) is 0 Å². The molecule has 6 heteroatoms. The van der Waals surface area contributed by atoms with E-state index in [0.29, 0.717) is 9.90 Å². The number of carbonyl (C=O) groups is 1. The van der Waals surface area contributed by atoms with Crippen molar-refractivity contribution in [3.63, 3.8) is 0 Å². The molecule has 0 saturated heterocycles. The van der Waals surface area contributed by atoms with Gasteiger partial charge in [-0.2, -0.15) is 0 Å². The molecule has 0 aliphatic rings. The van der Waals surface area contributed by atoms with Crippen LogP contribution in [0.15, 0.2) is 30.5 Å². The van der Waals surface area contributed by atoms with Gasteiger partial charge in [0, 0.05) is 11.1 Å². The topological polar surface area (TPSA) is 48.4 Å². The number of hydrogen-bond donors (Lipinski definition) is 0. The van der Waals surface area contributed by atoms with Crippen LogP contribution in [0.5, 0.6) is 5.88 Å². The molecule has 0 saturated carbocycles. The van der Waals surface area contributed by atoms with Gasteiger partial charge in [-0.25, -0.2) is 9.78 Å². The number of hydrogen-bond acceptors (Lipinski definition) is 5. The van der Waals surface area contributed by atoms with E-state index in [9.17, 15) is 4.79 Å². The van der Waals surface area contributed by atoms with Gasteiger partial charge in [0.05, 0.1) is 11.4 Å². The molecule has 0 atom stereocenters. The van der Waals surface area contributed by atoms with Crippen LogP contribution >= 0.6 is 22.9 Å². The third-order valence-electron chi connectivity index (χ3n) is 2.16. The second-order valence-electron chi connectivity index (χ2n) is 3.34. The molecule has 2 heterocycles. The van der Waals surface area contributed by atoms with E-state index in [1.165, 1.54) is 18.4 Å². The first-order valence-corrected chi connectivity index (χ1v) is 6.30. The molecule has 0 unspecified atom stereocenters. The highest BCUT2D eigenvalue weighted by Crippen LogP contribution is 2.23. The fourth-order valence-corrected chi connectivity index (χ4v) is 2.35. The van der Waals surface area contributed by atoms with Gasteiger partial charge in [0.1, 0.15) is 12.2 Å². The Kier molecular flexibility index (Phi) is 4.17. The molecular formula is C12H10ClNO3S. The van der Waals surface area contributed by atoms with Gasteiger partial charge in [0.2, 0.25) is 5.88 Å². The minimum Gasteiger partial charge on any atom is -0.480 e. The van der Waals surface area contributed by atoms with E-state index in [2.05, 4.69) is 4.98 Å². The minimum absolute atomic E-state index is 0.189. The summed E-state index contributed by atoms with van der Waals surface area (Å²) in [7, 11) is 1.46. The van der Waals surface area contributed by atoms with Crippen molar-refractivity contribution in [1.29, 1.82) is 0 Å². The van der Waals surface area contributed by atoms with Crippen molar-refractivity contribution in [2.75, 3.05) is 7.11 Å². The van der Waals surface area contributed by atoms with Crippen molar-refractivity contribution >= 4 is 28.9 Å². The van der Waals surface area contributed by atoms with Crippen LogP contribution in [-0.4, -0.2) is 18.1 Å². The third kappa shape index (κ3) is 3.00. The van der Waals surface area contributed by atoms with Crippen LogP contribution < -0.4 is 4.74 Å². The summed E-state index contributed by atoms with van der Waals surface area (Å²) in [6, 6.07) is 6.84. The normalized spacial score (nSPS) is 10.1. The Bertz CT molecular complexity index is 556. The largest absolute Gasteiger partial charge is 0.480 e. The number of rotatable bonds is 4. The molecule has 18 heavy (non-hydrogen) atoms. The summed E-state index contributed by atoms with van der Waals surface area (Å²) >= 11 is 7.16. The Hall–Kier alpha value is -1.59. The van der Waals surface area contributed by atoms with Crippen molar-refractivity contribution in [2.45, 2.75) is 6.61 Å². The summed E-state index contributed by atoms with van der Waals surface area (Å²) in [4.78, 5) is 16.7. The van der Waals surface area contributed by atoms with Crippen molar-refractivity contribution in [3.05, 3.63) is 45.2 Å². The highest BCUT2D eigenvalue weighted by atomic mass is 35.5. The maximum atomic E-state index is 11.8. The summed E-state index contributed by atoms with van der Waals surface area (Å²) in [5.74, 6) is -0.212. The van der Waals surface area contributed by atoms with Crippen LogP contribution in [0, 0.1) is 0 Å². The second-order valence-corrected chi connectivity index (χ2v) is 5.14. The van der Waals surface area contributed by atoms with E-state index in [0.717, 1.165) is 4.88 Å². The molecule has 0 N–H and O–H groups in total. The first-order chi connectivity index (χ1) is 8.70. The number of aromatic nitrogens is 1. The quantitative estimate of drug-likeness (QED) is 0.809. The number of pyridine rings is 1. The van der Waals surface area contributed by atoms with Gasteiger partial charge in [-0.05, 0) is 24.3 Å². The lowest BCUT2D eigenvalue weighted by atomic mass is 10.3. The van der Waals surface area contributed by atoms with Gasteiger partial charge in [0.15, 0.2) is 0 Å². The van der Waals surface area contributed by atoms with Crippen molar-refractivity contribution < 1.29 is 14.3 Å². The average molecular weight is 284 g/mol. The lowest BCUT2D eigenvalue weighted by Crippen LogP contribution is -2.07. The van der Waals surface area contributed by atoms with E-state index in [-0.39, 0.29) is 12.5 Å². The fraction of sp³-hybridized carbons (Fsp3) is 0.167. The summed E-state index contributed by atoms with van der Waals surface area (Å²) in [5, 5.41) is 0. The van der Waals surface area contributed by atoms with Crippen LogP contribution in [0.3, 0.4) is 0 Å². The fourth-order valence-electron chi connectivity index (χ4n) is 1.35. The zero-order chi connectivity index (χ0) is 13.0. The maximum absolute atomic E-state index is 11.8. The first-order valence-electron chi connectivity index (χ1n) is 5.11. The predicted molar refractivity (Wildman–Crippen MR) is 69.2 cm³/mol. The molecular weight excluding hydrogens is 274 g/mol. The highest BCUT2D eigenvalue weighted by molar-refractivity contribution is 7.16. The highest BCUT2D eigenvalue weighted by Gasteiger charge is 2.14. The Morgan fingerprint density at radius 1 is 1.44 bits per heavy atom. The van der Waals surface area contributed by atoms with Gasteiger partial charge in [0.25, 0.3) is 0 Å². The zero-order valence-electron chi connectivity index (χ0n) is 9.55. The van der Waals surface area contributed by atoms with Gasteiger partial charge in [-0.1, -0.05) is 11.6 Å². The monoisotopic (exact) mass is 283 g/mol. The van der Waals surface area contributed by atoms with Gasteiger partial charge < -0.3 is 9.47 Å². The smallest absolute Gasteiger partial charge is 0.344 e. The SMILES string of the molecule is COc1ncccc1C(=O)OCc1ccc(Cl)s1. The summed E-state index contributed by atoms with van der Waals surface area (Å²) in [6.07, 6.45) is 1.55. The third-order valence-corrected chi connectivity index (χ3v) is 3.36. The van der Waals surface area contributed by atoms with Crippen LogP contribution in [0.4, 0.5) is 0 Å². The number of halogens is 1. The number of ether oxygens (including phenoxy) is 2. The van der Waals surface area contributed by atoms with E-state index in [4.69, 9.17) is 21.1 Å². The number of carbonyl (C=O) groups excluding carboxylic acids is 1. The minimum atomic E-state index is -0.468. The molecule has 2 aromatic heterocycles. The number of nitrogens with zero attached hydrogens (tertiary/aromatic N) is 1. The molecule has 0 aromatic carbocycles. The number of thiophene rings is 1. The molecule has 0 bridgehead atoms. The molecule has 0 aliphatic carbocycles. The number of methoxy groups -OCH3 is 1. The van der Waals surface area contributed by atoms with Gasteiger partial charge in [-0.15, -0.1) is 11.3 Å². The lowest BCUT2D eigenvalue weighted by Gasteiger charge is -2.06. The van der Waals surface area contributed by atoms with E-state index in [1.807, 2.05) is 6.07 Å². The lowest BCUT2D eigenvalue weighted by molar-refractivity contribution is 0.0472. The van der Waals surface area contributed by atoms with Crippen LogP contribution in [0.1, 0.15) is 15.2 Å². The van der Waals surface area contributed by atoms with E-state index >= 15 is 0 Å². The second kappa shape index (κ2) is 5.84. The summed E-state index contributed by atoms with van der Waals surface area (Å²) < 4.78 is 10.8. The Morgan fingerprint density at radius 3 is 2.94 bits per heavy atom. The molecule has 2 rings (SSSR count). The van der Waals surface area contributed by atoms with Gasteiger partial charge in [-0.3, -0.25) is 0 Å². The first kappa shape index (κ1) is 12.9.